The molecule has 0 aromatic heterocycles. The Kier molecular flexibility index (Phi) is 5.22. The highest BCUT2D eigenvalue weighted by Crippen LogP contribution is 2.17. The quantitative estimate of drug-likeness (QED) is 0.363. The Morgan fingerprint density at radius 3 is 2.56 bits per heavy atom. The monoisotopic (exact) mass is 312 g/mol. The first-order valence-electron chi connectivity index (χ1n) is 5.45. The highest BCUT2D eigenvalue weighted by Gasteiger charge is 2.21. The fourth-order valence-corrected chi connectivity index (χ4v) is 1.69. The molecule has 0 saturated carbocycles. The van der Waals surface area contributed by atoms with Gasteiger partial charge in [-0.2, -0.15) is 0 Å². The molecule has 1 unspecified atom stereocenters. The molecule has 0 spiro atoms. The number of benzene rings is 1. The zero-order valence-electron chi connectivity index (χ0n) is 10.1. The number of Topliss-reactive ketones (excluding diaryl/α,β-unsaturated/α-hetero) is 1. The van der Waals surface area contributed by atoms with Crippen LogP contribution in [-0.4, -0.2) is 29.5 Å². The summed E-state index contributed by atoms with van der Waals surface area (Å²) in [6, 6.07) is 4.32. The third kappa shape index (κ3) is 3.26. The number of alkyl halides is 1. The number of ether oxygens (including phenoxy) is 1. The molecule has 1 atom stereocenters. The van der Waals surface area contributed by atoms with Gasteiger partial charge in [0.1, 0.15) is 6.29 Å². The summed E-state index contributed by atoms with van der Waals surface area (Å²) in [6.45, 7) is 3.57. The van der Waals surface area contributed by atoms with Crippen molar-refractivity contribution in [3.8, 4) is 0 Å². The number of carbonyl (C=O) groups excluding carboxylic acids is 3. The molecule has 0 fully saturated rings. The molecule has 0 aliphatic carbocycles. The van der Waals surface area contributed by atoms with E-state index in [1.165, 1.54) is 18.2 Å². The fraction of sp³-hybridized carbons (Fsp3) is 0.308. The van der Waals surface area contributed by atoms with Crippen LogP contribution in [0.3, 0.4) is 0 Å². The van der Waals surface area contributed by atoms with Crippen molar-refractivity contribution >= 4 is 34.0 Å². The summed E-state index contributed by atoms with van der Waals surface area (Å²) >= 11 is 3.16. The van der Waals surface area contributed by atoms with Crippen molar-refractivity contribution in [1.29, 1.82) is 0 Å². The Hall–Kier alpha value is -1.49. The van der Waals surface area contributed by atoms with Gasteiger partial charge in [0.25, 0.3) is 0 Å². The van der Waals surface area contributed by atoms with E-state index >= 15 is 0 Å². The lowest BCUT2D eigenvalue weighted by Gasteiger charge is -2.10. The van der Waals surface area contributed by atoms with E-state index in [0.29, 0.717) is 11.8 Å². The van der Waals surface area contributed by atoms with E-state index in [2.05, 4.69) is 15.9 Å². The molecule has 1 rings (SSSR count). The number of halogens is 1. The Bertz CT molecular complexity index is 480. The number of aldehydes is 1. The van der Waals surface area contributed by atoms with E-state index in [1.807, 2.05) is 0 Å². The van der Waals surface area contributed by atoms with Crippen molar-refractivity contribution < 1.29 is 19.1 Å². The van der Waals surface area contributed by atoms with E-state index in [0.717, 1.165) is 0 Å². The van der Waals surface area contributed by atoms with Crippen LogP contribution in [0, 0.1) is 0 Å². The van der Waals surface area contributed by atoms with E-state index in [-0.39, 0.29) is 23.5 Å². The van der Waals surface area contributed by atoms with Crippen molar-refractivity contribution in [1.82, 2.24) is 0 Å². The van der Waals surface area contributed by atoms with Gasteiger partial charge in [-0.3, -0.25) is 9.59 Å². The summed E-state index contributed by atoms with van der Waals surface area (Å²) in [5.74, 6) is -0.826. The predicted octanol–water partition coefficient (Wildman–Crippen LogP) is 2.64. The number of esters is 1. The van der Waals surface area contributed by atoms with Gasteiger partial charge in [0.15, 0.2) is 5.78 Å². The number of ketones is 1. The second kappa shape index (κ2) is 6.44. The Balaban J connectivity index is 3.28. The summed E-state index contributed by atoms with van der Waals surface area (Å²) in [5, 5.41) is 0. The molecule has 1 aromatic carbocycles. The molecule has 0 aliphatic heterocycles. The van der Waals surface area contributed by atoms with Crippen LogP contribution in [-0.2, 0) is 4.74 Å². The standard InChI is InChI=1S/C13H13BrO4/c1-3-18-13(17)10-5-4-9(7-15)6-11(10)12(16)8(2)14/h4-8H,3H2,1-2H3. The lowest BCUT2D eigenvalue weighted by Crippen LogP contribution is -2.17. The maximum absolute atomic E-state index is 12.0. The van der Waals surface area contributed by atoms with Crippen LogP contribution >= 0.6 is 15.9 Å². The third-order valence-corrected chi connectivity index (χ3v) is 2.72. The van der Waals surface area contributed by atoms with Gasteiger partial charge in [-0.05, 0) is 26.0 Å². The maximum atomic E-state index is 12.0. The lowest BCUT2D eigenvalue weighted by atomic mass is 9.99. The molecule has 18 heavy (non-hydrogen) atoms. The van der Waals surface area contributed by atoms with Crippen LogP contribution in [0.2, 0.25) is 0 Å². The van der Waals surface area contributed by atoms with E-state index in [9.17, 15) is 14.4 Å². The summed E-state index contributed by atoms with van der Waals surface area (Å²) in [7, 11) is 0. The van der Waals surface area contributed by atoms with Crippen LogP contribution in [0.25, 0.3) is 0 Å². The average molecular weight is 313 g/mol. The predicted molar refractivity (Wildman–Crippen MR) is 70.5 cm³/mol. The van der Waals surface area contributed by atoms with Crippen LogP contribution in [0.15, 0.2) is 18.2 Å². The summed E-state index contributed by atoms with van der Waals surface area (Å²) in [6.07, 6.45) is 0.630. The summed E-state index contributed by atoms with van der Waals surface area (Å²) in [4.78, 5) is 34.0. The van der Waals surface area contributed by atoms with Crippen LogP contribution < -0.4 is 0 Å². The SMILES string of the molecule is CCOC(=O)c1ccc(C=O)cc1C(=O)C(C)Br. The molecule has 0 bridgehead atoms. The number of rotatable bonds is 5. The van der Waals surface area contributed by atoms with E-state index in [1.54, 1.807) is 13.8 Å². The molecule has 0 N–H and O–H groups in total. The minimum atomic E-state index is -0.563. The van der Waals surface area contributed by atoms with Crippen LogP contribution in [0.5, 0.6) is 0 Å². The first-order valence-corrected chi connectivity index (χ1v) is 6.37. The van der Waals surface area contributed by atoms with Gasteiger partial charge in [0, 0.05) is 11.1 Å². The molecule has 96 valence electrons. The van der Waals surface area contributed by atoms with Crippen molar-refractivity contribution in [3.05, 3.63) is 34.9 Å². The van der Waals surface area contributed by atoms with E-state index in [4.69, 9.17) is 4.74 Å². The fourth-order valence-electron chi connectivity index (χ4n) is 1.44. The zero-order valence-corrected chi connectivity index (χ0v) is 11.7. The van der Waals surface area contributed by atoms with Crippen molar-refractivity contribution in [2.24, 2.45) is 0 Å². The van der Waals surface area contributed by atoms with Gasteiger partial charge in [-0.25, -0.2) is 4.79 Å². The Morgan fingerprint density at radius 1 is 1.39 bits per heavy atom. The smallest absolute Gasteiger partial charge is 0.338 e. The molecule has 0 saturated heterocycles. The molecule has 0 radical (unpaired) electrons. The summed E-state index contributed by atoms with van der Waals surface area (Å²) in [5.41, 5.74) is 0.723. The Morgan fingerprint density at radius 2 is 2.06 bits per heavy atom. The highest BCUT2D eigenvalue weighted by atomic mass is 79.9. The molecule has 0 amide bonds. The number of hydrogen-bond donors (Lipinski definition) is 0. The second-order valence-corrected chi connectivity index (χ2v) is 5.00. The van der Waals surface area contributed by atoms with Gasteiger partial charge < -0.3 is 4.74 Å². The van der Waals surface area contributed by atoms with Crippen molar-refractivity contribution in [3.63, 3.8) is 0 Å². The van der Waals surface area contributed by atoms with Gasteiger partial charge >= 0.3 is 5.97 Å². The topological polar surface area (TPSA) is 60.4 Å². The van der Waals surface area contributed by atoms with Gasteiger partial charge in [0.2, 0.25) is 0 Å². The van der Waals surface area contributed by atoms with Gasteiger partial charge in [-0.1, -0.05) is 22.0 Å². The van der Waals surface area contributed by atoms with Crippen LogP contribution in [0.1, 0.15) is 44.9 Å². The first kappa shape index (κ1) is 14.6. The molecular weight excluding hydrogens is 300 g/mol. The number of hydrogen-bond acceptors (Lipinski definition) is 4. The molecule has 0 aliphatic rings. The van der Waals surface area contributed by atoms with Gasteiger partial charge in [0.05, 0.1) is 17.0 Å². The normalized spacial score (nSPS) is 11.7. The Labute approximate surface area is 113 Å². The minimum absolute atomic E-state index is 0.179. The van der Waals surface area contributed by atoms with E-state index < -0.39 is 10.8 Å². The highest BCUT2D eigenvalue weighted by molar-refractivity contribution is 9.10. The zero-order chi connectivity index (χ0) is 13.7. The number of carbonyl (C=O) groups is 3. The first-order chi connectivity index (χ1) is 8.51. The van der Waals surface area contributed by atoms with Crippen molar-refractivity contribution in [2.75, 3.05) is 6.61 Å². The molecule has 4 nitrogen and oxygen atoms in total. The lowest BCUT2D eigenvalue weighted by molar-refractivity contribution is 0.0523. The van der Waals surface area contributed by atoms with Gasteiger partial charge in [-0.15, -0.1) is 0 Å². The summed E-state index contributed by atoms with van der Waals surface area (Å²) < 4.78 is 4.88. The van der Waals surface area contributed by atoms with Crippen molar-refractivity contribution in [2.45, 2.75) is 18.7 Å². The minimum Gasteiger partial charge on any atom is -0.462 e. The molecule has 5 heteroatoms. The average Bonchev–Trinajstić information content (AvgIpc) is 2.37. The second-order valence-electron chi connectivity index (χ2n) is 3.62. The molecule has 0 heterocycles. The van der Waals surface area contributed by atoms with Crippen LogP contribution in [0.4, 0.5) is 0 Å². The third-order valence-electron chi connectivity index (χ3n) is 2.30. The maximum Gasteiger partial charge on any atom is 0.338 e. The molecule has 1 aromatic rings. The molecular formula is C13H13BrO4. The largest absolute Gasteiger partial charge is 0.462 e.